The Morgan fingerprint density at radius 2 is 2.10 bits per heavy atom. The molecule has 1 fully saturated rings. The molecule has 2 rings (SSSR count). The Labute approximate surface area is 118 Å². The summed E-state index contributed by atoms with van der Waals surface area (Å²) in [5, 5.41) is 11.9. The summed E-state index contributed by atoms with van der Waals surface area (Å²) in [5.41, 5.74) is 1.45. The number of amides is 1. The Hall–Kier alpha value is -2.04. The first kappa shape index (κ1) is 14.4. The molecule has 2 N–H and O–H groups in total. The van der Waals surface area contributed by atoms with Gasteiger partial charge in [-0.3, -0.25) is 9.59 Å². The van der Waals surface area contributed by atoms with Gasteiger partial charge < -0.3 is 15.3 Å². The predicted molar refractivity (Wildman–Crippen MR) is 76.9 cm³/mol. The van der Waals surface area contributed by atoms with E-state index in [2.05, 4.69) is 5.32 Å². The molecule has 1 heterocycles. The van der Waals surface area contributed by atoms with Gasteiger partial charge in [0.1, 0.15) is 0 Å². The van der Waals surface area contributed by atoms with Crippen LogP contribution in [-0.4, -0.2) is 36.6 Å². The summed E-state index contributed by atoms with van der Waals surface area (Å²) in [6.45, 7) is 5.52. The van der Waals surface area contributed by atoms with Gasteiger partial charge in [-0.1, -0.05) is 32.0 Å². The first-order chi connectivity index (χ1) is 9.40. The number of carbonyl (C=O) groups is 2. The number of hydrogen-bond donors (Lipinski definition) is 2. The van der Waals surface area contributed by atoms with Crippen molar-refractivity contribution in [3.05, 3.63) is 29.8 Å². The van der Waals surface area contributed by atoms with Crippen LogP contribution in [0.15, 0.2) is 24.3 Å². The van der Waals surface area contributed by atoms with Gasteiger partial charge in [0.05, 0.1) is 13.0 Å². The molecule has 5 heteroatoms. The maximum Gasteiger partial charge on any atom is 0.304 e. The quantitative estimate of drug-likeness (QED) is 0.871. The fraction of sp³-hybridized carbons (Fsp3) is 0.467. The summed E-state index contributed by atoms with van der Waals surface area (Å²) in [7, 11) is 0. The minimum absolute atomic E-state index is 0.00194. The largest absolute Gasteiger partial charge is 0.481 e. The summed E-state index contributed by atoms with van der Waals surface area (Å²) < 4.78 is 0. The molecule has 1 aromatic rings. The zero-order valence-electron chi connectivity index (χ0n) is 11.8. The lowest BCUT2D eigenvalue weighted by molar-refractivity contribution is -0.138. The third kappa shape index (κ3) is 3.10. The molecule has 0 atom stereocenters. The number of aliphatic carboxylic acids is 1. The summed E-state index contributed by atoms with van der Waals surface area (Å²) in [6.07, 6.45) is 0.0596. The average molecular weight is 276 g/mol. The fourth-order valence-electron chi connectivity index (χ4n) is 2.64. The van der Waals surface area contributed by atoms with Crippen molar-refractivity contribution in [2.45, 2.75) is 25.7 Å². The van der Waals surface area contributed by atoms with Gasteiger partial charge in [0, 0.05) is 24.2 Å². The number of anilines is 1. The van der Waals surface area contributed by atoms with Crippen LogP contribution in [0.25, 0.3) is 0 Å². The van der Waals surface area contributed by atoms with Gasteiger partial charge in [-0.25, -0.2) is 0 Å². The number of nitrogens with one attached hydrogen (secondary N) is 1. The van der Waals surface area contributed by atoms with E-state index in [-0.39, 0.29) is 12.3 Å². The molecule has 0 saturated carbocycles. The second-order valence-corrected chi connectivity index (χ2v) is 5.74. The Kier molecular flexibility index (Phi) is 3.97. The van der Waals surface area contributed by atoms with E-state index in [1.165, 1.54) is 0 Å². The number of piperazine rings is 1. The molecule has 1 aromatic carbocycles. The number of benzene rings is 1. The SMILES string of the molecule is CC(C)(CC(=O)O)c1ccccc1N1CCNC(=O)C1. The van der Waals surface area contributed by atoms with Crippen LogP contribution in [0.5, 0.6) is 0 Å². The second kappa shape index (κ2) is 5.53. The molecule has 0 aromatic heterocycles. The summed E-state index contributed by atoms with van der Waals surface area (Å²) in [5.74, 6) is -0.816. The summed E-state index contributed by atoms with van der Waals surface area (Å²) in [6, 6.07) is 7.73. The van der Waals surface area contributed by atoms with Crippen molar-refractivity contribution >= 4 is 17.6 Å². The van der Waals surface area contributed by atoms with Gasteiger partial charge in [-0.15, -0.1) is 0 Å². The van der Waals surface area contributed by atoms with Crippen molar-refractivity contribution in [3.63, 3.8) is 0 Å². The standard InChI is InChI=1S/C15H20N2O3/c1-15(2,9-14(19)20)11-5-3-4-6-12(11)17-8-7-16-13(18)10-17/h3-6H,7-10H2,1-2H3,(H,16,18)(H,19,20). The lowest BCUT2D eigenvalue weighted by Gasteiger charge is -2.34. The van der Waals surface area contributed by atoms with Crippen molar-refractivity contribution in [2.75, 3.05) is 24.5 Å². The molecule has 0 aliphatic carbocycles. The van der Waals surface area contributed by atoms with Crippen LogP contribution in [0.3, 0.4) is 0 Å². The molecule has 1 amide bonds. The number of rotatable bonds is 4. The molecule has 5 nitrogen and oxygen atoms in total. The Balaban J connectivity index is 2.34. The summed E-state index contributed by atoms with van der Waals surface area (Å²) >= 11 is 0. The average Bonchev–Trinajstić information content (AvgIpc) is 2.37. The van der Waals surface area contributed by atoms with Gasteiger partial charge in [0.15, 0.2) is 0 Å². The highest BCUT2D eigenvalue weighted by Crippen LogP contribution is 2.34. The molecule has 1 aliphatic rings. The van der Waals surface area contributed by atoms with Crippen molar-refractivity contribution < 1.29 is 14.7 Å². The minimum atomic E-state index is -0.818. The normalized spacial score (nSPS) is 15.9. The molecule has 1 saturated heterocycles. The van der Waals surface area contributed by atoms with E-state index in [0.717, 1.165) is 17.8 Å². The lowest BCUT2D eigenvalue weighted by atomic mass is 9.80. The molecule has 0 unspecified atom stereocenters. The molecule has 108 valence electrons. The smallest absolute Gasteiger partial charge is 0.304 e. The summed E-state index contributed by atoms with van der Waals surface area (Å²) in [4.78, 5) is 24.6. The van der Waals surface area contributed by atoms with Crippen molar-refractivity contribution in [3.8, 4) is 0 Å². The Bertz CT molecular complexity index is 526. The molecule has 20 heavy (non-hydrogen) atoms. The topological polar surface area (TPSA) is 69.6 Å². The predicted octanol–water partition coefficient (Wildman–Crippen LogP) is 1.38. The Morgan fingerprint density at radius 1 is 1.40 bits per heavy atom. The van der Waals surface area contributed by atoms with Crippen molar-refractivity contribution in [2.24, 2.45) is 0 Å². The monoisotopic (exact) mass is 276 g/mol. The molecular weight excluding hydrogens is 256 g/mol. The molecular formula is C15H20N2O3. The van der Waals surface area contributed by atoms with E-state index < -0.39 is 11.4 Å². The van der Waals surface area contributed by atoms with E-state index in [0.29, 0.717) is 13.1 Å². The molecule has 0 bridgehead atoms. The van der Waals surface area contributed by atoms with E-state index in [1.807, 2.05) is 43.0 Å². The number of carboxylic acids is 1. The van der Waals surface area contributed by atoms with Gasteiger partial charge >= 0.3 is 5.97 Å². The van der Waals surface area contributed by atoms with E-state index in [1.54, 1.807) is 0 Å². The fourth-order valence-corrected chi connectivity index (χ4v) is 2.64. The number of hydrogen-bond acceptors (Lipinski definition) is 3. The highest BCUT2D eigenvalue weighted by Gasteiger charge is 2.29. The zero-order chi connectivity index (χ0) is 14.8. The van der Waals surface area contributed by atoms with Crippen LogP contribution in [0.4, 0.5) is 5.69 Å². The van der Waals surface area contributed by atoms with Crippen LogP contribution in [0.2, 0.25) is 0 Å². The number of nitrogens with zero attached hydrogens (tertiary/aromatic N) is 1. The van der Waals surface area contributed by atoms with Crippen LogP contribution >= 0.6 is 0 Å². The van der Waals surface area contributed by atoms with Crippen LogP contribution in [-0.2, 0) is 15.0 Å². The second-order valence-electron chi connectivity index (χ2n) is 5.74. The van der Waals surface area contributed by atoms with Gasteiger partial charge in [-0.05, 0) is 11.6 Å². The highest BCUT2D eigenvalue weighted by molar-refractivity contribution is 5.83. The first-order valence-corrected chi connectivity index (χ1v) is 6.73. The number of para-hydroxylation sites is 1. The minimum Gasteiger partial charge on any atom is -0.481 e. The van der Waals surface area contributed by atoms with Gasteiger partial charge in [0.25, 0.3) is 0 Å². The molecule has 0 spiro atoms. The van der Waals surface area contributed by atoms with Crippen LogP contribution in [0, 0.1) is 0 Å². The molecule has 1 aliphatic heterocycles. The van der Waals surface area contributed by atoms with E-state index in [9.17, 15) is 9.59 Å². The van der Waals surface area contributed by atoms with Crippen molar-refractivity contribution in [1.29, 1.82) is 0 Å². The maximum absolute atomic E-state index is 11.5. The lowest BCUT2D eigenvalue weighted by Crippen LogP contribution is -2.48. The highest BCUT2D eigenvalue weighted by atomic mass is 16.4. The zero-order valence-corrected chi connectivity index (χ0v) is 11.8. The van der Waals surface area contributed by atoms with Gasteiger partial charge in [0.2, 0.25) is 5.91 Å². The Morgan fingerprint density at radius 3 is 2.75 bits per heavy atom. The van der Waals surface area contributed by atoms with E-state index in [4.69, 9.17) is 5.11 Å². The first-order valence-electron chi connectivity index (χ1n) is 6.73. The maximum atomic E-state index is 11.5. The molecule has 0 radical (unpaired) electrons. The van der Waals surface area contributed by atoms with Crippen LogP contribution < -0.4 is 10.2 Å². The van der Waals surface area contributed by atoms with Crippen molar-refractivity contribution in [1.82, 2.24) is 5.32 Å². The van der Waals surface area contributed by atoms with Crippen LogP contribution in [0.1, 0.15) is 25.8 Å². The third-order valence-electron chi connectivity index (χ3n) is 3.61. The van der Waals surface area contributed by atoms with Gasteiger partial charge in [-0.2, -0.15) is 0 Å². The van der Waals surface area contributed by atoms with E-state index >= 15 is 0 Å². The number of carbonyl (C=O) groups excluding carboxylic acids is 1. The third-order valence-corrected chi connectivity index (χ3v) is 3.61. The number of carboxylic acid groups (broad SMARTS) is 1.